The van der Waals surface area contributed by atoms with Crippen molar-refractivity contribution in [2.75, 3.05) is 25.7 Å². The van der Waals surface area contributed by atoms with Crippen LogP contribution < -0.4 is 9.47 Å². The largest absolute Gasteiger partial charge is 0.494 e. The highest BCUT2D eigenvalue weighted by atomic mass is 35.5. The van der Waals surface area contributed by atoms with Crippen LogP contribution in [0, 0.1) is 0 Å². The van der Waals surface area contributed by atoms with Gasteiger partial charge in [-0.3, -0.25) is 4.79 Å². The molecule has 0 aliphatic heterocycles. The third-order valence-corrected chi connectivity index (χ3v) is 4.94. The van der Waals surface area contributed by atoms with Gasteiger partial charge in [0.1, 0.15) is 18.1 Å². The average Bonchev–Trinajstić information content (AvgIpc) is 2.71. The second kappa shape index (κ2) is 11.1. The highest BCUT2D eigenvalue weighted by molar-refractivity contribution is 6.17. The number of aliphatic hydroxyl groups excluding tert-OH is 1. The summed E-state index contributed by atoms with van der Waals surface area (Å²) < 4.78 is 16.3. The minimum Gasteiger partial charge on any atom is -0.494 e. The Kier molecular flexibility index (Phi) is 8.80. The molecule has 0 aromatic heterocycles. The summed E-state index contributed by atoms with van der Waals surface area (Å²) in [7, 11) is 0. The van der Waals surface area contributed by atoms with Gasteiger partial charge in [0, 0.05) is 18.2 Å². The Balaban J connectivity index is 2.00. The zero-order valence-electron chi connectivity index (χ0n) is 17.2. The third kappa shape index (κ3) is 6.94. The second-order valence-corrected chi connectivity index (χ2v) is 7.67. The molecule has 0 aliphatic carbocycles. The highest BCUT2D eigenvalue weighted by Gasteiger charge is 2.23. The van der Waals surface area contributed by atoms with Crippen molar-refractivity contribution >= 4 is 17.6 Å². The molecule has 5 nitrogen and oxygen atoms in total. The van der Waals surface area contributed by atoms with E-state index in [0.717, 1.165) is 17.7 Å². The number of benzene rings is 2. The molecule has 0 fully saturated rings. The molecule has 2 aromatic carbocycles. The van der Waals surface area contributed by atoms with Crippen LogP contribution >= 0.6 is 11.6 Å². The lowest BCUT2D eigenvalue weighted by Gasteiger charge is -2.26. The molecule has 0 aliphatic rings. The number of carbonyl (C=O) groups excluding carboxylic acids is 1. The number of carbonyl (C=O) groups is 1. The molecule has 0 spiro atoms. The SMILES string of the molecule is CC(=O)OC(CO)COc1ccc(C(C)(C)c2ccc(OCCCCl)cc2)cc1. The maximum Gasteiger partial charge on any atom is 0.303 e. The van der Waals surface area contributed by atoms with Crippen molar-refractivity contribution in [3.63, 3.8) is 0 Å². The van der Waals surface area contributed by atoms with Crippen molar-refractivity contribution < 1.29 is 24.1 Å². The number of alkyl halides is 1. The molecule has 1 atom stereocenters. The van der Waals surface area contributed by atoms with Crippen molar-refractivity contribution in [3.05, 3.63) is 59.7 Å². The van der Waals surface area contributed by atoms with Crippen LogP contribution in [0.4, 0.5) is 0 Å². The first-order valence-corrected chi connectivity index (χ1v) is 10.2. The Bertz CT molecular complexity index is 756. The van der Waals surface area contributed by atoms with Crippen LogP contribution in [0.2, 0.25) is 0 Å². The zero-order chi connectivity index (χ0) is 21.3. The highest BCUT2D eigenvalue weighted by Crippen LogP contribution is 2.33. The number of aliphatic hydroxyl groups is 1. The van der Waals surface area contributed by atoms with Gasteiger partial charge in [-0.25, -0.2) is 0 Å². The van der Waals surface area contributed by atoms with Gasteiger partial charge in [-0.05, 0) is 41.8 Å². The van der Waals surface area contributed by atoms with Crippen molar-refractivity contribution in [1.29, 1.82) is 0 Å². The lowest BCUT2D eigenvalue weighted by atomic mass is 9.78. The van der Waals surface area contributed by atoms with E-state index < -0.39 is 12.1 Å². The first-order valence-electron chi connectivity index (χ1n) is 9.67. The maximum absolute atomic E-state index is 11.0. The summed E-state index contributed by atoms with van der Waals surface area (Å²) in [6.07, 6.45) is 0.150. The Hall–Kier alpha value is -2.24. The maximum atomic E-state index is 11.0. The van der Waals surface area contributed by atoms with E-state index in [1.165, 1.54) is 12.5 Å². The lowest BCUT2D eigenvalue weighted by Crippen LogP contribution is -2.27. The molecular weight excluding hydrogens is 392 g/mol. The van der Waals surface area contributed by atoms with Gasteiger partial charge in [-0.2, -0.15) is 0 Å². The van der Waals surface area contributed by atoms with Gasteiger partial charge in [-0.1, -0.05) is 38.1 Å². The van der Waals surface area contributed by atoms with E-state index in [2.05, 4.69) is 26.0 Å². The Morgan fingerprint density at radius 3 is 1.97 bits per heavy atom. The molecule has 158 valence electrons. The van der Waals surface area contributed by atoms with E-state index in [1.54, 1.807) is 0 Å². The standard InChI is InChI=1S/C23H29ClO5/c1-17(26)29-22(15-25)16-28-21-11-7-19(8-12-21)23(2,3)18-5-9-20(10-6-18)27-14-4-13-24/h5-12,22,25H,4,13-16H2,1-3H3. The molecule has 2 aromatic rings. The van der Waals surface area contributed by atoms with E-state index in [1.807, 2.05) is 36.4 Å². The summed E-state index contributed by atoms with van der Waals surface area (Å²) in [4.78, 5) is 11.0. The first kappa shape index (κ1) is 23.0. The van der Waals surface area contributed by atoms with Crippen LogP contribution in [-0.4, -0.2) is 42.9 Å². The number of esters is 1. The number of hydrogen-bond acceptors (Lipinski definition) is 5. The second-order valence-electron chi connectivity index (χ2n) is 7.29. The summed E-state index contributed by atoms with van der Waals surface area (Å²) in [5.74, 6) is 1.64. The first-order chi connectivity index (χ1) is 13.9. The van der Waals surface area contributed by atoms with Crippen LogP contribution in [0.3, 0.4) is 0 Å². The number of hydrogen-bond donors (Lipinski definition) is 1. The van der Waals surface area contributed by atoms with Crippen molar-refractivity contribution in [1.82, 2.24) is 0 Å². The van der Waals surface area contributed by atoms with Gasteiger partial charge in [0.15, 0.2) is 6.10 Å². The molecule has 0 radical (unpaired) electrons. The van der Waals surface area contributed by atoms with Gasteiger partial charge < -0.3 is 19.3 Å². The molecule has 0 saturated carbocycles. The number of ether oxygens (including phenoxy) is 3. The molecule has 0 amide bonds. The van der Waals surface area contributed by atoms with Crippen molar-refractivity contribution in [2.24, 2.45) is 0 Å². The molecule has 2 rings (SSSR count). The van der Waals surface area contributed by atoms with Gasteiger partial charge >= 0.3 is 5.97 Å². The molecule has 1 unspecified atom stereocenters. The molecule has 0 saturated heterocycles. The monoisotopic (exact) mass is 420 g/mol. The lowest BCUT2D eigenvalue weighted by molar-refractivity contribution is -0.150. The summed E-state index contributed by atoms with van der Waals surface area (Å²) in [5.41, 5.74) is 2.11. The minimum absolute atomic E-state index is 0.101. The molecule has 0 bridgehead atoms. The predicted molar refractivity (Wildman–Crippen MR) is 114 cm³/mol. The normalized spacial score (nSPS) is 12.3. The smallest absolute Gasteiger partial charge is 0.303 e. The molecule has 1 N–H and O–H groups in total. The summed E-state index contributed by atoms with van der Waals surface area (Å²) in [6, 6.07) is 15.9. The Morgan fingerprint density at radius 1 is 1.00 bits per heavy atom. The van der Waals surface area contributed by atoms with Crippen molar-refractivity contribution in [3.8, 4) is 11.5 Å². The van der Waals surface area contributed by atoms with Crippen LogP contribution in [0.25, 0.3) is 0 Å². The minimum atomic E-state index is -0.672. The number of rotatable bonds is 11. The van der Waals surface area contributed by atoms with E-state index >= 15 is 0 Å². The van der Waals surface area contributed by atoms with E-state index in [0.29, 0.717) is 18.2 Å². The van der Waals surface area contributed by atoms with Gasteiger partial charge in [0.2, 0.25) is 0 Å². The van der Waals surface area contributed by atoms with Crippen LogP contribution in [0.15, 0.2) is 48.5 Å². The van der Waals surface area contributed by atoms with Gasteiger partial charge in [0.05, 0.1) is 13.2 Å². The molecule has 6 heteroatoms. The molecule has 29 heavy (non-hydrogen) atoms. The van der Waals surface area contributed by atoms with Crippen LogP contribution in [0.1, 0.15) is 38.3 Å². The third-order valence-electron chi connectivity index (χ3n) is 4.67. The quantitative estimate of drug-likeness (QED) is 0.333. The van der Waals surface area contributed by atoms with Crippen LogP contribution in [0.5, 0.6) is 11.5 Å². The van der Waals surface area contributed by atoms with Gasteiger partial charge in [0.25, 0.3) is 0 Å². The summed E-state index contributed by atoms with van der Waals surface area (Å²) in [5, 5.41) is 9.24. The average molecular weight is 421 g/mol. The van der Waals surface area contributed by atoms with Gasteiger partial charge in [-0.15, -0.1) is 11.6 Å². The molecular formula is C23H29ClO5. The fourth-order valence-electron chi connectivity index (χ4n) is 2.89. The fraction of sp³-hybridized carbons (Fsp3) is 0.435. The number of halogens is 1. The topological polar surface area (TPSA) is 65.0 Å². The Labute approximate surface area is 177 Å². The summed E-state index contributed by atoms with van der Waals surface area (Å²) >= 11 is 5.67. The Morgan fingerprint density at radius 2 is 1.52 bits per heavy atom. The molecule has 0 heterocycles. The predicted octanol–water partition coefficient (Wildman–Crippen LogP) is 4.32. The van der Waals surface area contributed by atoms with Crippen molar-refractivity contribution in [2.45, 2.75) is 38.7 Å². The fourth-order valence-corrected chi connectivity index (χ4v) is 3.00. The van der Waals surface area contributed by atoms with Crippen LogP contribution in [-0.2, 0) is 14.9 Å². The van der Waals surface area contributed by atoms with E-state index in [4.69, 9.17) is 25.8 Å². The van der Waals surface area contributed by atoms with E-state index in [9.17, 15) is 9.90 Å². The zero-order valence-corrected chi connectivity index (χ0v) is 17.9. The van der Waals surface area contributed by atoms with E-state index in [-0.39, 0.29) is 18.6 Å². The summed E-state index contributed by atoms with van der Waals surface area (Å²) in [6.45, 7) is 6.06.